The number of sulfonamides is 1. The second-order valence-corrected chi connectivity index (χ2v) is 6.25. The minimum Gasteiger partial charge on any atom is -0.468 e. The summed E-state index contributed by atoms with van der Waals surface area (Å²) in [5.74, 6) is -0.684. The van der Waals surface area contributed by atoms with Crippen molar-refractivity contribution in [3.8, 4) is 0 Å². The van der Waals surface area contributed by atoms with Gasteiger partial charge in [-0.2, -0.15) is 0 Å². The predicted octanol–water partition coefficient (Wildman–Crippen LogP) is 1.93. The third kappa shape index (κ3) is 4.04. The second kappa shape index (κ2) is 5.77. The molecular weight excluding hydrogens is 301 g/mol. The van der Waals surface area contributed by atoms with Crippen molar-refractivity contribution in [3.63, 3.8) is 0 Å². The van der Waals surface area contributed by atoms with Crippen molar-refractivity contribution in [3.05, 3.63) is 28.2 Å². The van der Waals surface area contributed by atoms with E-state index >= 15 is 0 Å². The zero-order valence-electron chi connectivity index (χ0n) is 9.68. The Kier molecular flexibility index (Phi) is 4.84. The molecule has 0 aromatic heterocycles. The van der Waals surface area contributed by atoms with E-state index in [9.17, 15) is 13.2 Å². The van der Waals surface area contributed by atoms with Crippen LogP contribution >= 0.6 is 23.2 Å². The molecule has 1 rings (SSSR count). The number of anilines is 1. The van der Waals surface area contributed by atoms with Gasteiger partial charge in [-0.3, -0.25) is 9.10 Å². The van der Waals surface area contributed by atoms with E-state index in [0.29, 0.717) is 0 Å². The van der Waals surface area contributed by atoms with Crippen molar-refractivity contribution < 1.29 is 17.9 Å². The number of ether oxygens (including phenoxy) is 1. The fourth-order valence-electron chi connectivity index (χ4n) is 1.27. The number of carbonyl (C=O) groups excluding carboxylic acids is 1. The monoisotopic (exact) mass is 311 g/mol. The molecule has 0 radical (unpaired) electrons. The van der Waals surface area contributed by atoms with Crippen LogP contribution < -0.4 is 4.31 Å². The van der Waals surface area contributed by atoms with Gasteiger partial charge >= 0.3 is 5.97 Å². The van der Waals surface area contributed by atoms with E-state index in [1.165, 1.54) is 25.3 Å². The zero-order valence-corrected chi connectivity index (χ0v) is 12.0. The molecule has 5 nitrogen and oxygen atoms in total. The Balaban J connectivity index is 3.22. The van der Waals surface area contributed by atoms with E-state index in [-0.39, 0.29) is 15.7 Å². The summed E-state index contributed by atoms with van der Waals surface area (Å²) in [5.41, 5.74) is 0.209. The molecule has 0 unspecified atom stereocenters. The number of halogens is 2. The summed E-state index contributed by atoms with van der Waals surface area (Å²) < 4.78 is 28.6. The Labute approximate surface area is 115 Å². The normalized spacial score (nSPS) is 11.1. The molecule has 0 aliphatic heterocycles. The smallest absolute Gasteiger partial charge is 0.326 e. The lowest BCUT2D eigenvalue weighted by molar-refractivity contribution is -0.138. The zero-order chi connectivity index (χ0) is 13.9. The van der Waals surface area contributed by atoms with Gasteiger partial charge in [0.05, 0.1) is 19.1 Å². The average Bonchev–Trinajstić information content (AvgIpc) is 2.22. The van der Waals surface area contributed by atoms with Gasteiger partial charge in [0.15, 0.2) is 0 Å². The Hall–Kier alpha value is -0.980. The van der Waals surface area contributed by atoms with Crippen LogP contribution in [0.1, 0.15) is 0 Å². The topological polar surface area (TPSA) is 63.7 Å². The van der Waals surface area contributed by atoms with Gasteiger partial charge in [-0.1, -0.05) is 23.2 Å². The molecule has 0 atom stereocenters. The van der Waals surface area contributed by atoms with Gasteiger partial charge in [0.25, 0.3) is 0 Å². The van der Waals surface area contributed by atoms with Crippen LogP contribution in [0.25, 0.3) is 0 Å². The molecule has 0 aliphatic rings. The second-order valence-electron chi connectivity index (χ2n) is 3.47. The summed E-state index contributed by atoms with van der Waals surface area (Å²) in [6.45, 7) is -0.438. The largest absolute Gasteiger partial charge is 0.468 e. The molecule has 0 bridgehead atoms. The Morgan fingerprint density at radius 3 is 2.17 bits per heavy atom. The van der Waals surface area contributed by atoms with E-state index in [4.69, 9.17) is 23.2 Å². The van der Waals surface area contributed by atoms with Crippen molar-refractivity contribution >= 4 is 44.9 Å². The Bertz CT molecular complexity index is 539. The maximum atomic E-state index is 11.6. The van der Waals surface area contributed by atoms with Crippen LogP contribution in [0, 0.1) is 0 Å². The van der Waals surface area contributed by atoms with Crippen LogP contribution in [-0.4, -0.2) is 34.3 Å². The van der Waals surface area contributed by atoms with E-state index in [0.717, 1.165) is 10.6 Å². The molecule has 8 heteroatoms. The molecule has 0 heterocycles. The van der Waals surface area contributed by atoms with Gasteiger partial charge in [-0.15, -0.1) is 0 Å². The first kappa shape index (κ1) is 15.1. The number of hydrogen-bond acceptors (Lipinski definition) is 4. The molecular formula is C10H11Cl2NO4S. The third-order valence-electron chi connectivity index (χ3n) is 2.04. The first-order valence-corrected chi connectivity index (χ1v) is 7.35. The first-order chi connectivity index (χ1) is 8.24. The number of hydrogen-bond donors (Lipinski definition) is 0. The lowest BCUT2D eigenvalue weighted by atomic mass is 10.3. The highest BCUT2D eigenvalue weighted by atomic mass is 35.5. The summed E-state index contributed by atoms with van der Waals surface area (Å²) in [4.78, 5) is 11.2. The molecule has 0 spiro atoms. The fourth-order valence-corrected chi connectivity index (χ4v) is 2.61. The summed E-state index contributed by atoms with van der Waals surface area (Å²) in [5, 5.41) is 0.548. The number of rotatable bonds is 4. The van der Waals surface area contributed by atoms with Gasteiger partial charge < -0.3 is 4.74 Å². The van der Waals surface area contributed by atoms with Gasteiger partial charge in [0, 0.05) is 10.0 Å². The minimum atomic E-state index is -3.64. The minimum absolute atomic E-state index is 0.209. The highest BCUT2D eigenvalue weighted by Crippen LogP contribution is 2.26. The maximum absolute atomic E-state index is 11.6. The van der Waals surface area contributed by atoms with Gasteiger partial charge in [-0.25, -0.2) is 8.42 Å². The summed E-state index contributed by atoms with van der Waals surface area (Å²) in [7, 11) is -2.47. The number of esters is 1. The van der Waals surface area contributed by atoms with E-state index in [1.54, 1.807) is 0 Å². The van der Waals surface area contributed by atoms with Gasteiger partial charge in [-0.05, 0) is 18.2 Å². The number of nitrogens with zero attached hydrogens (tertiary/aromatic N) is 1. The van der Waals surface area contributed by atoms with E-state index in [2.05, 4.69) is 4.74 Å². The molecule has 1 aromatic carbocycles. The molecule has 18 heavy (non-hydrogen) atoms. The SMILES string of the molecule is COC(=O)CN(c1cc(Cl)cc(Cl)c1)S(C)(=O)=O. The molecule has 0 aliphatic carbocycles. The van der Waals surface area contributed by atoms with Crippen molar-refractivity contribution in [2.75, 3.05) is 24.2 Å². The molecule has 0 N–H and O–H groups in total. The Morgan fingerprint density at radius 1 is 1.28 bits per heavy atom. The van der Waals surface area contributed by atoms with Crippen LogP contribution in [0.5, 0.6) is 0 Å². The van der Waals surface area contributed by atoms with Crippen LogP contribution in [0.4, 0.5) is 5.69 Å². The van der Waals surface area contributed by atoms with E-state index in [1.807, 2.05) is 0 Å². The molecule has 100 valence electrons. The van der Waals surface area contributed by atoms with Crippen LogP contribution in [0.15, 0.2) is 18.2 Å². The summed E-state index contributed by atoms with van der Waals surface area (Å²) >= 11 is 11.6. The molecule has 0 amide bonds. The van der Waals surface area contributed by atoms with Crippen LogP contribution in [0.3, 0.4) is 0 Å². The highest BCUT2D eigenvalue weighted by molar-refractivity contribution is 7.92. The van der Waals surface area contributed by atoms with Crippen molar-refractivity contribution in [2.45, 2.75) is 0 Å². The highest BCUT2D eigenvalue weighted by Gasteiger charge is 2.21. The quantitative estimate of drug-likeness (QED) is 0.797. The van der Waals surface area contributed by atoms with Gasteiger partial charge in [0.2, 0.25) is 10.0 Å². The summed E-state index contributed by atoms with van der Waals surface area (Å²) in [6.07, 6.45) is 0.977. The van der Waals surface area contributed by atoms with Crippen molar-refractivity contribution in [1.29, 1.82) is 0 Å². The summed E-state index contributed by atoms with van der Waals surface area (Å²) in [6, 6.07) is 4.26. The Morgan fingerprint density at radius 2 is 1.78 bits per heavy atom. The first-order valence-electron chi connectivity index (χ1n) is 4.74. The average molecular weight is 312 g/mol. The van der Waals surface area contributed by atoms with Crippen LogP contribution in [-0.2, 0) is 19.6 Å². The third-order valence-corrected chi connectivity index (χ3v) is 3.61. The standard InChI is InChI=1S/C10H11Cl2NO4S/c1-17-10(14)6-13(18(2,15)16)9-4-7(11)3-8(12)5-9/h3-5H,6H2,1-2H3. The number of carbonyl (C=O) groups is 1. The lowest BCUT2D eigenvalue weighted by Crippen LogP contribution is -2.35. The lowest BCUT2D eigenvalue weighted by Gasteiger charge is -2.21. The number of benzene rings is 1. The van der Waals surface area contributed by atoms with Gasteiger partial charge in [0.1, 0.15) is 6.54 Å². The molecule has 0 saturated heterocycles. The van der Waals surface area contributed by atoms with Crippen molar-refractivity contribution in [2.24, 2.45) is 0 Å². The van der Waals surface area contributed by atoms with E-state index < -0.39 is 22.5 Å². The maximum Gasteiger partial charge on any atom is 0.326 e. The fraction of sp³-hybridized carbons (Fsp3) is 0.300. The molecule has 1 aromatic rings. The van der Waals surface area contributed by atoms with Crippen LogP contribution in [0.2, 0.25) is 10.0 Å². The molecule has 0 fully saturated rings. The molecule has 0 saturated carbocycles. The number of methoxy groups -OCH3 is 1. The van der Waals surface area contributed by atoms with Crippen molar-refractivity contribution in [1.82, 2.24) is 0 Å². The predicted molar refractivity (Wildman–Crippen MR) is 70.7 cm³/mol.